The standard InChI is InChI=1S/C12H15N3OS/c1-9(7-16)14-6-10-8-17-12(15-10)11-4-2-3-5-13-11/h2-5,8-9,14,16H,6-7H2,1H3/t9-/m1/s1. The van der Waals surface area contributed by atoms with E-state index in [0.29, 0.717) is 6.54 Å². The van der Waals surface area contributed by atoms with Crippen LogP contribution in [0.1, 0.15) is 12.6 Å². The Hall–Kier alpha value is -1.30. The Morgan fingerprint density at radius 1 is 1.47 bits per heavy atom. The highest BCUT2D eigenvalue weighted by Gasteiger charge is 2.06. The molecule has 0 fully saturated rings. The lowest BCUT2D eigenvalue weighted by molar-refractivity contribution is 0.250. The minimum Gasteiger partial charge on any atom is -0.395 e. The van der Waals surface area contributed by atoms with Crippen molar-refractivity contribution in [3.05, 3.63) is 35.5 Å². The van der Waals surface area contributed by atoms with Crippen LogP contribution in [-0.4, -0.2) is 27.7 Å². The van der Waals surface area contributed by atoms with E-state index < -0.39 is 0 Å². The topological polar surface area (TPSA) is 58.0 Å². The lowest BCUT2D eigenvalue weighted by Gasteiger charge is -2.08. The van der Waals surface area contributed by atoms with Gasteiger partial charge in [-0.25, -0.2) is 4.98 Å². The first-order valence-electron chi connectivity index (χ1n) is 5.49. The molecule has 2 N–H and O–H groups in total. The van der Waals surface area contributed by atoms with E-state index >= 15 is 0 Å². The highest BCUT2D eigenvalue weighted by atomic mass is 32.1. The number of nitrogens with one attached hydrogen (secondary N) is 1. The quantitative estimate of drug-likeness (QED) is 0.846. The summed E-state index contributed by atoms with van der Waals surface area (Å²) in [6.45, 7) is 2.74. The van der Waals surface area contributed by atoms with E-state index in [2.05, 4.69) is 15.3 Å². The summed E-state index contributed by atoms with van der Waals surface area (Å²) in [6.07, 6.45) is 1.77. The van der Waals surface area contributed by atoms with Crippen LogP contribution in [0.2, 0.25) is 0 Å². The second kappa shape index (κ2) is 5.86. The fraction of sp³-hybridized carbons (Fsp3) is 0.333. The molecular weight excluding hydrogens is 234 g/mol. The second-order valence-electron chi connectivity index (χ2n) is 3.82. The van der Waals surface area contributed by atoms with Crippen LogP contribution in [0.25, 0.3) is 10.7 Å². The zero-order valence-corrected chi connectivity index (χ0v) is 10.4. The van der Waals surface area contributed by atoms with Gasteiger partial charge in [0.1, 0.15) is 5.01 Å². The molecule has 0 bridgehead atoms. The molecule has 0 spiro atoms. The first-order valence-corrected chi connectivity index (χ1v) is 6.37. The van der Waals surface area contributed by atoms with Gasteiger partial charge >= 0.3 is 0 Å². The van der Waals surface area contributed by atoms with Crippen molar-refractivity contribution >= 4 is 11.3 Å². The Bertz CT molecular complexity index is 458. The number of aromatic nitrogens is 2. The van der Waals surface area contributed by atoms with E-state index in [1.807, 2.05) is 30.5 Å². The number of pyridine rings is 1. The number of hydrogen-bond acceptors (Lipinski definition) is 5. The van der Waals surface area contributed by atoms with Gasteiger partial charge < -0.3 is 10.4 Å². The van der Waals surface area contributed by atoms with Crippen molar-refractivity contribution in [1.82, 2.24) is 15.3 Å². The summed E-state index contributed by atoms with van der Waals surface area (Å²) < 4.78 is 0. The number of aliphatic hydroxyl groups excluding tert-OH is 1. The van der Waals surface area contributed by atoms with E-state index in [0.717, 1.165) is 16.4 Å². The van der Waals surface area contributed by atoms with Crippen molar-refractivity contribution in [2.75, 3.05) is 6.61 Å². The molecule has 0 saturated heterocycles. The lowest BCUT2D eigenvalue weighted by atomic mass is 10.3. The van der Waals surface area contributed by atoms with Crippen molar-refractivity contribution in [3.8, 4) is 10.7 Å². The molecule has 5 heteroatoms. The Morgan fingerprint density at radius 2 is 2.35 bits per heavy atom. The third-order valence-electron chi connectivity index (χ3n) is 2.34. The normalized spacial score (nSPS) is 12.6. The fourth-order valence-electron chi connectivity index (χ4n) is 1.34. The summed E-state index contributed by atoms with van der Waals surface area (Å²) in [7, 11) is 0. The van der Waals surface area contributed by atoms with Gasteiger partial charge in [0.25, 0.3) is 0 Å². The lowest BCUT2D eigenvalue weighted by Crippen LogP contribution is -2.28. The molecule has 0 aliphatic carbocycles. The van der Waals surface area contributed by atoms with Crippen molar-refractivity contribution < 1.29 is 5.11 Å². The van der Waals surface area contributed by atoms with E-state index in [1.54, 1.807) is 17.5 Å². The van der Waals surface area contributed by atoms with E-state index in [1.165, 1.54) is 0 Å². The molecule has 0 amide bonds. The van der Waals surface area contributed by atoms with Crippen LogP contribution in [-0.2, 0) is 6.54 Å². The third-order valence-corrected chi connectivity index (χ3v) is 3.25. The molecule has 2 aromatic heterocycles. The van der Waals surface area contributed by atoms with Crippen LogP contribution in [0.15, 0.2) is 29.8 Å². The maximum Gasteiger partial charge on any atom is 0.142 e. The highest BCUT2D eigenvalue weighted by Crippen LogP contribution is 2.21. The Labute approximate surface area is 104 Å². The second-order valence-corrected chi connectivity index (χ2v) is 4.68. The first kappa shape index (κ1) is 12.2. The average molecular weight is 249 g/mol. The zero-order valence-electron chi connectivity index (χ0n) is 9.63. The summed E-state index contributed by atoms with van der Waals surface area (Å²) in [6, 6.07) is 5.89. The number of rotatable bonds is 5. The Morgan fingerprint density at radius 3 is 3.06 bits per heavy atom. The summed E-state index contributed by atoms with van der Waals surface area (Å²) in [5.41, 5.74) is 1.88. The van der Waals surface area contributed by atoms with Crippen molar-refractivity contribution in [1.29, 1.82) is 0 Å². The van der Waals surface area contributed by atoms with Crippen LogP contribution >= 0.6 is 11.3 Å². The Kier molecular flexibility index (Phi) is 4.19. The number of hydrogen-bond donors (Lipinski definition) is 2. The van der Waals surface area contributed by atoms with Crippen LogP contribution in [0, 0.1) is 0 Å². The summed E-state index contributed by atoms with van der Waals surface area (Å²) in [5.74, 6) is 0. The molecule has 0 unspecified atom stereocenters. The molecule has 2 rings (SSSR count). The monoisotopic (exact) mass is 249 g/mol. The van der Waals surface area contributed by atoms with Gasteiger partial charge in [0.05, 0.1) is 18.0 Å². The molecule has 90 valence electrons. The first-order chi connectivity index (χ1) is 8.29. The molecule has 2 aromatic rings. The minimum atomic E-state index is 0.0926. The van der Waals surface area contributed by atoms with Gasteiger partial charge in [-0.2, -0.15) is 0 Å². The molecule has 0 aliphatic heterocycles. The smallest absolute Gasteiger partial charge is 0.142 e. The maximum atomic E-state index is 8.91. The summed E-state index contributed by atoms with van der Waals surface area (Å²) in [4.78, 5) is 8.76. The molecule has 17 heavy (non-hydrogen) atoms. The molecule has 0 aromatic carbocycles. The molecule has 2 heterocycles. The SMILES string of the molecule is C[C@H](CO)NCc1csc(-c2ccccn2)n1. The average Bonchev–Trinajstić information content (AvgIpc) is 2.86. The zero-order chi connectivity index (χ0) is 12.1. The molecular formula is C12H15N3OS. The van der Waals surface area contributed by atoms with Crippen LogP contribution in [0.3, 0.4) is 0 Å². The third kappa shape index (κ3) is 3.33. The maximum absolute atomic E-state index is 8.91. The summed E-state index contributed by atoms with van der Waals surface area (Å²) in [5, 5.41) is 15.0. The largest absolute Gasteiger partial charge is 0.395 e. The minimum absolute atomic E-state index is 0.0926. The van der Waals surface area contributed by atoms with Gasteiger partial charge in [0.15, 0.2) is 0 Å². The number of thiazole rings is 1. The van der Waals surface area contributed by atoms with Gasteiger partial charge in [-0.15, -0.1) is 11.3 Å². The van der Waals surface area contributed by atoms with Crippen LogP contribution in [0.4, 0.5) is 0 Å². The summed E-state index contributed by atoms with van der Waals surface area (Å²) >= 11 is 1.59. The van der Waals surface area contributed by atoms with Crippen molar-refractivity contribution in [2.24, 2.45) is 0 Å². The van der Waals surface area contributed by atoms with Crippen LogP contribution < -0.4 is 5.32 Å². The van der Waals surface area contributed by atoms with E-state index in [4.69, 9.17) is 5.11 Å². The highest BCUT2D eigenvalue weighted by molar-refractivity contribution is 7.13. The molecule has 0 radical (unpaired) electrons. The van der Waals surface area contributed by atoms with Gasteiger partial charge in [-0.05, 0) is 19.1 Å². The van der Waals surface area contributed by atoms with Crippen molar-refractivity contribution in [2.45, 2.75) is 19.5 Å². The molecule has 0 aliphatic rings. The van der Waals surface area contributed by atoms with Gasteiger partial charge in [0, 0.05) is 24.2 Å². The molecule has 1 atom stereocenters. The number of aliphatic hydroxyl groups is 1. The van der Waals surface area contributed by atoms with Gasteiger partial charge in [-0.1, -0.05) is 6.07 Å². The Balaban J connectivity index is 2.01. The predicted molar refractivity (Wildman–Crippen MR) is 68.7 cm³/mol. The van der Waals surface area contributed by atoms with Crippen molar-refractivity contribution in [3.63, 3.8) is 0 Å². The van der Waals surface area contributed by atoms with Gasteiger partial charge in [0.2, 0.25) is 0 Å². The number of nitrogens with zero attached hydrogens (tertiary/aromatic N) is 2. The fourth-order valence-corrected chi connectivity index (χ4v) is 2.13. The molecule has 0 saturated carbocycles. The van der Waals surface area contributed by atoms with Gasteiger partial charge in [-0.3, -0.25) is 4.98 Å². The van der Waals surface area contributed by atoms with Crippen LogP contribution in [0.5, 0.6) is 0 Å². The van der Waals surface area contributed by atoms with E-state index in [9.17, 15) is 0 Å². The predicted octanol–water partition coefficient (Wildman–Crippen LogP) is 1.68. The molecule has 4 nitrogen and oxygen atoms in total. The van der Waals surface area contributed by atoms with E-state index in [-0.39, 0.29) is 12.6 Å².